The maximum Gasteiger partial charge on any atom is 0.326 e. The third kappa shape index (κ3) is 11.4. The lowest BCUT2D eigenvalue weighted by Gasteiger charge is -2.24. The third-order valence-electron chi connectivity index (χ3n) is 5.12. The van der Waals surface area contributed by atoms with Crippen LogP contribution in [0.2, 0.25) is 0 Å². The molecular formula is C22H31N5O10. The summed E-state index contributed by atoms with van der Waals surface area (Å²) in [5.74, 6) is -6.50. The first-order valence-electron chi connectivity index (χ1n) is 11.1. The molecule has 37 heavy (non-hydrogen) atoms. The molecule has 0 saturated heterocycles. The van der Waals surface area contributed by atoms with E-state index in [1.807, 2.05) is 0 Å². The van der Waals surface area contributed by atoms with Crippen molar-refractivity contribution in [1.82, 2.24) is 16.0 Å². The predicted molar refractivity (Wildman–Crippen MR) is 126 cm³/mol. The number of aromatic hydroxyl groups is 1. The van der Waals surface area contributed by atoms with Crippen LogP contribution < -0.4 is 27.4 Å². The molecule has 204 valence electrons. The van der Waals surface area contributed by atoms with Gasteiger partial charge >= 0.3 is 11.9 Å². The highest BCUT2D eigenvalue weighted by Gasteiger charge is 2.30. The molecule has 0 aliphatic carbocycles. The van der Waals surface area contributed by atoms with Crippen LogP contribution in [0.3, 0.4) is 0 Å². The molecule has 0 heterocycles. The van der Waals surface area contributed by atoms with E-state index in [2.05, 4.69) is 16.0 Å². The molecule has 15 heteroatoms. The summed E-state index contributed by atoms with van der Waals surface area (Å²) >= 11 is 0. The van der Waals surface area contributed by atoms with Crippen molar-refractivity contribution in [3.63, 3.8) is 0 Å². The topological polar surface area (TPSA) is 271 Å². The van der Waals surface area contributed by atoms with Gasteiger partial charge in [0.2, 0.25) is 23.6 Å². The van der Waals surface area contributed by atoms with E-state index in [0.29, 0.717) is 5.56 Å². The zero-order valence-electron chi connectivity index (χ0n) is 19.8. The van der Waals surface area contributed by atoms with E-state index in [-0.39, 0.29) is 25.0 Å². The van der Waals surface area contributed by atoms with E-state index in [1.165, 1.54) is 24.3 Å². The minimum Gasteiger partial charge on any atom is -0.508 e. The molecule has 0 aromatic heterocycles. The second-order valence-corrected chi connectivity index (χ2v) is 8.12. The fourth-order valence-corrected chi connectivity index (χ4v) is 3.08. The Morgan fingerprint density at radius 3 is 1.81 bits per heavy atom. The molecule has 1 rings (SSSR count). The van der Waals surface area contributed by atoms with Crippen LogP contribution in [0.4, 0.5) is 0 Å². The summed E-state index contributed by atoms with van der Waals surface area (Å²) in [6, 6.07) is 0.0781. The highest BCUT2D eigenvalue weighted by Crippen LogP contribution is 2.11. The number of amides is 4. The second-order valence-electron chi connectivity index (χ2n) is 8.12. The molecule has 11 N–H and O–H groups in total. The molecule has 0 aliphatic heterocycles. The first kappa shape index (κ1) is 30.8. The largest absolute Gasteiger partial charge is 0.508 e. The number of phenolic OH excluding ortho intramolecular Hbond substituents is 1. The number of rotatable bonds is 16. The monoisotopic (exact) mass is 525 g/mol. The van der Waals surface area contributed by atoms with Gasteiger partial charge in [-0.05, 0) is 37.0 Å². The second kappa shape index (κ2) is 15.0. The van der Waals surface area contributed by atoms with Gasteiger partial charge in [0.25, 0.3) is 0 Å². The predicted octanol–water partition coefficient (Wildman–Crippen LogP) is -3.08. The Balaban J connectivity index is 2.87. The lowest BCUT2D eigenvalue weighted by atomic mass is 10.1. The zero-order chi connectivity index (χ0) is 28.1. The van der Waals surface area contributed by atoms with Gasteiger partial charge in [0.15, 0.2) is 0 Å². The summed E-state index contributed by atoms with van der Waals surface area (Å²) in [6.45, 7) is -0.896. The first-order chi connectivity index (χ1) is 17.3. The van der Waals surface area contributed by atoms with Crippen molar-refractivity contribution in [3.8, 4) is 5.75 Å². The average Bonchev–Trinajstić information content (AvgIpc) is 2.83. The fourth-order valence-electron chi connectivity index (χ4n) is 3.08. The SMILES string of the molecule is NC(=O)CCC(NC(=O)C(CCC(=O)O)NC(=O)C(CO)NC(=O)C(N)Cc1ccc(O)cc1)C(=O)O. The molecule has 0 bridgehead atoms. The summed E-state index contributed by atoms with van der Waals surface area (Å²) in [4.78, 5) is 71.1. The molecule has 0 radical (unpaired) electrons. The number of primary amides is 1. The van der Waals surface area contributed by atoms with Crippen molar-refractivity contribution in [2.24, 2.45) is 11.5 Å². The zero-order valence-corrected chi connectivity index (χ0v) is 19.8. The summed E-state index contributed by atoms with van der Waals surface area (Å²) in [6.07, 6.45) is -1.68. The summed E-state index contributed by atoms with van der Waals surface area (Å²) in [7, 11) is 0. The van der Waals surface area contributed by atoms with Gasteiger partial charge in [0, 0.05) is 12.8 Å². The Morgan fingerprint density at radius 1 is 0.784 bits per heavy atom. The Morgan fingerprint density at radius 2 is 1.30 bits per heavy atom. The quantitative estimate of drug-likeness (QED) is 0.104. The number of benzene rings is 1. The maximum absolute atomic E-state index is 12.7. The fraction of sp³-hybridized carbons (Fsp3) is 0.455. The maximum atomic E-state index is 12.7. The molecule has 0 spiro atoms. The molecule has 0 saturated carbocycles. The highest BCUT2D eigenvalue weighted by atomic mass is 16.4. The number of carboxylic acids is 2. The highest BCUT2D eigenvalue weighted by molar-refractivity contribution is 5.94. The van der Waals surface area contributed by atoms with E-state index >= 15 is 0 Å². The molecule has 4 amide bonds. The van der Waals surface area contributed by atoms with Crippen LogP contribution in [0.15, 0.2) is 24.3 Å². The summed E-state index contributed by atoms with van der Waals surface area (Å²) < 4.78 is 0. The number of aliphatic hydroxyl groups is 1. The number of carbonyl (C=O) groups is 6. The van der Waals surface area contributed by atoms with Crippen LogP contribution in [0, 0.1) is 0 Å². The normalized spacial score (nSPS) is 13.9. The average molecular weight is 526 g/mol. The van der Waals surface area contributed by atoms with Crippen LogP contribution in [-0.4, -0.2) is 86.8 Å². The van der Waals surface area contributed by atoms with E-state index < -0.39 is 79.2 Å². The van der Waals surface area contributed by atoms with E-state index in [1.54, 1.807) is 0 Å². The minimum absolute atomic E-state index is 0.0165. The number of aliphatic carboxylic acids is 2. The Kier molecular flexibility index (Phi) is 12.5. The van der Waals surface area contributed by atoms with Crippen LogP contribution in [0.1, 0.15) is 31.2 Å². The summed E-state index contributed by atoms with van der Waals surface area (Å²) in [5, 5.41) is 43.7. The summed E-state index contributed by atoms with van der Waals surface area (Å²) in [5.41, 5.74) is 11.5. The van der Waals surface area contributed by atoms with E-state index in [4.69, 9.17) is 16.6 Å². The lowest BCUT2D eigenvalue weighted by Crippen LogP contribution is -2.58. The number of hydrogen-bond donors (Lipinski definition) is 9. The van der Waals surface area contributed by atoms with Gasteiger partial charge in [0.1, 0.15) is 23.9 Å². The Hall–Kier alpha value is -4.24. The van der Waals surface area contributed by atoms with Gasteiger partial charge < -0.3 is 47.8 Å². The van der Waals surface area contributed by atoms with Gasteiger partial charge in [-0.2, -0.15) is 0 Å². The molecule has 0 aliphatic rings. The smallest absolute Gasteiger partial charge is 0.326 e. The Labute approximate surface area is 211 Å². The minimum atomic E-state index is -1.57. The molecule has 4 unspecified atom stereocenters. The van der Waals surface area contributed by atoms with Crippen molar-refractivity contribution < 1.29 is 49.2 Å². The van der Waals surface area contributed by atoms with Crippen molar-refractivity contribution in [3.05, 3.63) is 29.8 Å². The number of aliphatic hydroxyl groups excluding tert-OH is 1. The molecule has 4 atom stereocenters. The van der Waals surface area contributed by atoms with Crippen molar-refractivity contribution in [2.75, 3.05) is 6.61 Å². The van der Waals surface area contributed by atoms with Crippen molar-refractivity contribution >= 4 is 35.6 Å². The van der Waals surface area contributed by atoms with Crippen LogP contribution in [0.25, 0.3) is 0 Å². The molecule has 1 aromatic carbocycles. The van der Waals surface area contributed by atoms with Crippen LogP contribution >= 0.6 is 0 Å². The first-order valence-corrected chi connectivity index (χ1v) is 11.1. The van der Waals surface area contributed by atoms with Crippen LogP contribution in [-0.2, 0) is 35.2 Å². The van der Waals surface area contributed by atoms with Gasteiger partial charge in [-0.15, -0.1) is 0 Å². The number of phenols is 1. The third-order valence-corrected chi connectivity index (χ3v) is 5.12. The number of nitrogens with two attached hydrogens (primary N) is 2. The number of carbonyl (C=O) groups excluding carboxylic acids is 4. The van der Waals surface area contributed by atoms with Gasteiger partial charge in [0.05, 0.1) is 12.6 Å². The van der Waals surface area contributed by atoms with E-state index in [9.17, 15) is 44.1 Å². The standard InChI is InChI=1S/C22H31N5O10/c23-13(9-11-1-3-12(29)4-2-11)19(33)27-16(10-28)21(35)25-14(6-8-18(31)32)20(34)26-15(22(36)37)5-7-17(24)30/h1-4,13-16,28-29H,5-10,23H2,(H2,24,30)(H,25,35)(H,26,34)(H,27,33)(H,31,32)(H,36,37). The van der Waals surface area contributed by atoms with E-state index in [0.717, 1.165) is 0 Å². The molecule has 1 aromatic rings. The lowest BCUT2D eigenvalue weighted by molar-refractivity contribution is -0.143. The number of nitrogens with one attached hydrogen (secondary N) is 3. The van der Waals surface area contributed by atoms with Crippen molar-refractivity contribution in [2.45, 2.75) is 56.3 Å². The number of hydrogen-bond acceptors (Lipinski definition) is 9. The molecule has 15 nitrogen and oxygen atoms in total. The number of carboxylic acid groups (broad SMARTS) is 2. The van der Waals surface area contributed by atoms with Crippen LogP contribution in [0.5, 0.6) is 5.75 Å². The van der Waals surface area contributed by atoms with Crippen molar-refractivity contribution in [1.29, 1.82) is 0 Å². The van der Waals surface area contributed by atoms with Gasteiger partial charge in [-0.1, -0.05) is 12.1 Å². The molecule has 0 fully saturated rings. The van der Waals surface area contributed by atoms with Gasteiger partial charge in [-0.3, -0.25) is 24.0 Å². The Bertz CT molecular complexity index is 985. The molecular weight excluding hydrogens is 494 g/mol. The van der Waals surface area contributed by atoms with Gasteiger partial charge in [-0.25, -0.2) is 4.79 Å².